The summed E-state index contributed by atoms with van der Waals surface area (Å²) in [6.45, 7) is 1.92. The van der Waals surface area contributed by atoms with E-state index in [2.05, 4.69) is 29.9 Å². The van der Waals surface area contributed by atoms with Crippen LogP contribution in [-0.4, -0.2) is 51.2 Å². The molecule has 2 aromatic heterocycles. The van der Waals surface area contributed by atoms with Gasteiger partial charge in [0.25, 0.3) is 0 Å². The molecule has 0 saturated carbocycles. The number of hydrogen-bond acceptors (Lipinski definition) is 9. The van der Waals surface area contributed by atoms with Gasteiger partial charge < -0.3 is 14.2 Å². The van der Waals surface area contributed by atoms with Crippen molar-refractivity contribution in [1.29, 1.82) is 0 Å². The Bertz CT molecular complexity index is 509. The van der Waals surface area contributed by atoms with Crippen LogP contribution in [0.4, 0.5) is 0 Å². The SMILES string of the molecule is CCc1nc(OC)nc(-c2nc(OC)nc(OC)n2)n1. The van der Waals surface area contributed by atoms with E-state index in [0.717, 1.165) is 0 Å². The maximum Gasteiger partial charge on any atom is 0.323 e. The van der Waals surface area contributed by atoms with Gasteiger partial charge >= 0.3 is 18.0 Å². The van der Waals surface area contributed by atoms with Crippen LogP contribution < -0.4 is 14.2 Å². The Kier molecular flexibility index (Phi) is 4.18. The molecule has 2 aromatic rings. The smallest absolute Gasteiger partial charge is 0.323 e. The molecular formula is C11H14N6O3. The minimum Gasteiger partial charge on any atom is -0.467 e. The molecule has 0 fully saturated rings. The molecule has 0 saturated heterocycles. The van der Waals surface area contributed by atoms with Crippen LogP contribution in [0.1, 0.15) is 12.7 Å². The predicted octanol–water partition coefficient (Wildman–Crippen LogP) is 0.312. The number of hydrogen-bond donors (Lipinski definition) is 0. The van der Waals surface area contributed by atoms with Gasteiger partial charge in [0.2, 0.25) is 11.6 Å². The van der Waals surface area contributed by atoms with E-state index < -0.39 is 0 Å². The fourth-order valence-corrected chi connectivity index (χ4v) is 1.37. The van der Waals surface area contributed by atoms with Gasteiger partial charge in [0.1, 0.15) is 5.82 Å². The zero-order valence-electron chi connectivity index (χ0n) is 11.6. The van der Waals surface area contributed by atoms with E-state index in [1.807, 2.05) is 6.92 Å². The molecule has 20 heavy (non-hydrogen) atoms. The van der Waals surface area contributed by atoms with Crippen LogP contribution in [0.25, 0.3) is 11.6 Å². The van der Waals surface area contributed by atoms with Crippen LogP contribution in [0, 0.1) is 0 Å². The number of nitrogens with zero attached hydrogens (tertiary/aromatic N) is 6. The second-order valence-electron chi connectivity index (χ2n) is 3.55. The van der Waals surface area contributed by atoms with Crippen molar-refractivity contribution >= 4 is 0 Å². The average molecular weight is 278 g/mol. The fourth-order valence-electron chi connectivity index (χ4n) is 1.37. The van der Waals surface area contributed by atoms with E-state index in [9.17, 15) is 0 Å². The van der Waals surface area contributed by atoms with E-state index in [4.69, 9.17) is 14.2 Å². The molecule has 9 nitrogen and oxygen atoms in total. The first kappa shape index (κ1) is 13.8. The summed E-state index contributed by atoms with van der Waals surface area (Å²) >= 11 is 0. The lowest BCUT2D eigenvalue weighted by atomic mass is 10.4. The molecule has 2 rings (SSSR count). The Morgan fingerprint density at radius 3 is 1.55 bits per heavy atom. The maximum atomic E-state index is 5.04. The summed E-state index contributed by atoms with van der Waals surface area (Å²) in [5.74, 6) is 1.07. The third-order valence-corrected chi connectivity index (χ3v) is 2.32. The summed E-state index contributed by atoms with van der Waals surface area (Å²) in [6, 6.07) is 0.429. The Balaban J connectivity index is 2.54. The first-order valence-electron chi connectivity index (χ1n) is 5.83. The van der Waals surface area contributed by atoms with Crippen LogP contribution >= 0.6 is 0 Å². The van der Waals surface area contributed by atoms with Gasteiger partial charge in [0.15, 0.2) is 0 Å². The zero-order valence-corrected chi connectivity index (χ0v) is 11.6. The van der Waals surface area contributed by atoms with Crippen molar-refractivity contribution in [3.63, 3.8) is 0 Å². The van der Waals surface area contributed by atoms with Gasteiger partial charge in [-0.25, -0.2) is 4.98 Å². The third kappa shape index (κ3) is 2.87. The second kappa shape index (κ2) is 6.04. The molecule has 2 heterocycles. The Labute approximate surface area is 115 Å². The minimum atomic E-state index is 0.115. The van der Waals surface area contributed by atoms with Gasteiger partial charge in [-0.05, 0) is 0 Å². The molecule has 0 N–H and O–H groups in total. The third-order valence-electron chi connectivity index (χ3n) is 2.32. The number of rotatable bonds is 5. The highest BCUT2D eigenvalue weighted by Gasteiger charge is 2.14. The Morgan fingerprint density at radius 1 is 0.650 bits per heavy atom. The highest BCUT2D eigenvalue weighted by molar-refractivity contribution is 5.44. The minimum absolute atomic E-state index is 0.115. The van der Waals surface area contributed by atoms with Gasteiger partial charge in [-0.2, -0.15) is 19.9 Å². The quantitative estimate of drug-likeness (QED) is 0.763. The predicted molar refractivity (Wildman–Crippen MR) is 67.7 cm³/mol. The van der Waals surface area contributed by atoms with Crippen LogP contribution in [0.5, 0.6) is 18.0 Å². The average Bonchev–Trinajstić information content (AvgIpc) is 2.53. The molecule has 106 valence electrons. The molecule has 0 radical (unpaired) electrons. The number of methoxy groups -OCH3 is 3. The fraction of sp³-hybridized carbons (Fsp3) is 0.455. The van der Waals surface area contributed by atoms with Crippen molar-refractivity contribution in [2.45, 2.75) is 13.3 Å². The molecule has 0 unspecified atom stereocenters. The van der Waals surface area contributed by atoms with Gasteiger partial charge in [0.05, 0.1) is 21.3 Å². The maximum absolute atomic E-state index is 5.04. The summed E-state index contributed by atoms with van der Waals surface area (Å²) in [6.07, 6.45) is 0.630. The number of aryl methyl sites for hydroxylation is 1. The van der Waals surface area contributed by atoms with E-state index in [-0.39, 0.29) is 29.7 Å². The van der Waals surface area contributed by atoms with Gasteiger partial charge in [-0.3, -0.25) is 0 Å². The van der Waals surface area contributed by atoms with Gasteiger partial charge in [-0.15, -0.1) is 4.98 Å². The zero-order chi connectivity index (χ0) is 14.5. The molecule has 0 atom stereocenters. The topological polar surface area (TPSA) is 105 Å². The van der Waals surface area contributed by atoms with E-state index in [0.29, 0.717) is 12.2 Å². The first-order chi connectivity index (χ1) is 9.69. The summed E-state index contributed by atoms with van der Waals surface area (Å²) in [5, 5.41) is 0. The van der Waals surface area contributed by atoms with Crippen molar-refractivity contribution < 1.29 is 14.2 Å². The van der Waals surface area contributed by atoms with Crippen LogP contribution in [-0.2, 0) is 6.42 Å². The second-order valence-corrected chi connectivity index (χ2v) is 3.55. The molecule has 0 amide bonds. The van der Waals surface area contributed by atoms with E-state index in [1.54, 1.807) is 0 Å². The Hall–Kier alpha value is -2.58. The molecular weight excluding hydrogens is 264 g/mol. The monoisotopic (exact) mass is 278 g/mol. The summed E-state index contributed by atoms with van der Waals surface area (Å²) < 4.78 is 15.0. The summed E-state index contributed by atoms with van der Waals surface area (Å²) in [7, 11) is 4.38. The normalized spacial score (nSPS) is 10.2. The highest BCUT2D eigenvalue weighted by Crippen LogP contribution is 2.18. The molecule has 0 aliphatic carbocycles. The lowest BCUT2D eigenvalue weighted by Crippen LogP contribution is -2.06. The number of ether oxygens (including phenoxy) is 3. The lowest BCUT2D eigenvalue weighted by molar-refractivity contribution is 0.340. The first-order valence-corrected chi connectivity index (χ1v) is 5.83. The van der Waals surface area contributed by atoms with E-state index >= 15 is 0 Å². The molecule has 0 aliphatic heterocycles. The molecule has 9 heteroatoms. The summed E-state index contributed by atoms with van der Waals surface area (Å²) in [5.41, 5.74) is 0. The molecule has 0 aliphatic rings. The van der Waals surface area contributed by atoms with Crippen molar-refractivity contribution in [3.05, 3.63) is 5.82 Å². The van der Waals surface area contributed by atoms with Crippen LogP contribution in [0.3, 0.4) is 0 Å². The van der Waals surface area contributed by atoms with Crippen LogP contribution in [0.15, 0.2) is 0 Å². The lowest BCUT2D eigenvalue weighted by Gasteiger charge is -2.06. The van der Waals surface area contributed by atoms with Gasteiger partial charge in [0, 0.05) is 6.42 Å². The highest BCUT2D eigenvalue weighted by atomic mass is 16.5. The van der Waals surface area contributed by atoms with Crippen molar-refractivity contribution in [2.24, 2.45) is 0 Å². The molecule has 0 bridgehead atoms. The van der Waals surface area contributed by atoms with Crippen molar-refractivity contribution in [3.8, 4) is 29.7 Å². The largest absolute Gasteiger partial charge is 0.467 e. The van der Waals surface area contributed by atoms with Crippen molar-refractivity contribution in [1.82, 2.24) is 29.9 Å². The van der Waals surface area contributed by atoms with E-state index in [1.165, 1.54) is 21.3 Å². The Morgan fingerprint density at radius 2 is 1.10 bits per heavy atom. The summed E-state index contributed by atoms with van der Waals surface area (Å²) in [4.78, 5) is 24.6. The van der Waals surface area contributed by atoms with Gasteiger partial charge in [-0.1, -0.05) is 6.92 Å². The standard InChI is InChI=1S/C11H14N6O3/c1-5-6-12-7(14-9(13-6)18-2)8-15-10(19-3)17-11(16-8)20-4/h5H2,1-4H3. The molecule has 0 aromatic carbocycles. The van der Waals surface area contributed by atoms with Crippen molar-refractivity contribution in [2.75, 3.05) is 21.3 Å². The molecule has 0 spiro atoms. The number of aromatic nitrogens is 6. The van der Waals surface area contributed by atoms with Crippen LogP contribution in [0.2, 0.25) is 0 Å².